The average Bonchev–Trinajstić information content (AvgIpc) is 2.58. The van der Waals surface area contributed by atoms with E-state index in [2.05, 4.69) is 0 Å². The van der Waals surface area contributed by atoms with Crippen molar-refractivity contribution in [3.63, 3.8) is 0 Å². The number of allylic oxidation sites excluding steroid dienone is 1. The lowest BCUT2D eigenvalue weighted by Gasteiger charge is -2.09. The van der Waals surface area contributed by atoms with Crippen LogP contribution in [0, 0.1) is 0 Å². The Hall–Kier alpha value is -1.20. The van der Waals surface area contributed by atoms with Crippen LogP contribution in [-0.4, -0.2) is 28.5 Å². The molecule has 0 radical (unpaired) electrons. The predicted octanol–water partition coefficient (Wildman–Crippen LogP) is 2.07. The Balaban J connectivity index is 2.68. The minimum absolute atomic E-state index is 0.0400. The molecule has 0 saturated heterocycles. The van der Waals surface area contributed by atoms with Gasteiger partial charge in [-0.1, -0.05) is 0 Å². The van der Waals surface area contributed by atoms with Gasteiger partial charge in [0.15, 0.2) is 11.5 Å². The van der Waals surface area contributed by atoms with E-state index in [9.17, 15) is 8.42 Å². The Kier molecular flexibility index (Phi) is 3.05. The van der Waals surface area contributed by atoms with Gasteiger partial charge in [-0.3, -0.25) is 0 Å². The van der Waals surface area contributed by atoms with Gasteiger partial charge >= 0.3 is 0 Å². The summed E-state index contributed by atoms with van der Waals surface area (Å²) in [6.45, 7) is 0. The Morgan fingerprint density at radius 2 is 1.76 bits per heavy atom. The Morgan fingerprint density at radius 3 is 2.29 bits per heavy atom. The highest BCUT2D eigenvalue weighted by Gasteiger charge is 2.30. The normalized spacial score (nSPS) is 16.3. The van der Waals surface area contributed by atoms with Gasteiger partial charge in [-0.05, 0) is 17.7 Å². The maximum atomic E-state index is 12.0. The fraction of sp³-hybridized carbons (Fsp3) is 0.273. The minimum atomic E-state index is -3.46. The van der Waals surface area contributed by atoms with E-state index in [0.29, 0.717) is 17.1 Å². The molecule has 92 valence electrons. The van der Waals surface area contributed by atoms with E-state index in [1.54, 1.807) is 12.1 Å². The van der Waals surface area contributed by atoms with Crippen molar-refractivity contribution < 1.29 is 17.9 Å². The van der Waals surface area contributed by atoms with Crippen LogP contribution in [0.3, 0.4) is 0 Å². The molecule has 1 aromatic carbocycles. The van der Waals surface area contributed by atoms with Gasteiger partial charge in [-0.15, -0.1) is 11.6 Å². The minimum Gasteiger partial charge on any atom is -0.493 e. The van der Waals surface area contributed by atoms with Crippen LogP contribution in [-0.2, 0) is 9.84 Å². The SMILES string of the molecule is COc1cc2c(cc1OC)S(=O)(=O)C(CCl)=C2. The molecule has 0 atom stereocenters. The van der Waals surface area contributed by atoms with E-state index in [1.165, 1.54) is 20.3 Å². The second-order valence-corrected chi connectivity index (χ2v) is 5.73. The monoisotopic (exact) mass is 274 g/mol. The van der Waals surface area contributed by atoms with Crippen LogP contribution < -0.4 is 9.47 Å². The van der Waals surface area contributed by atoms with Gasteiger partial charge < -0.3 is 9.47 Å². The summed E-state index contributed by atoms with van der Waals surface area (Å²) in [5.41, 5.74) is 0.582. The van der Waals surface area contributed by atoms with E-state index in [1.807, 2.05) is 0 Å². The van der Waals surface area contributed by atoms with E-state index in [-0.39, 0.29) is 15.7 Å². The molecule has 0 bridgehead atoms. The molecule has 1 aliphatic rings. The Labute approximate surface area is 105 Å². The van der Waals surface area contributed by atoms with Crippen molar-refractivity contribution in [1.29, 1.82) is 0 Å². The van der Waals surface area contributed by atoms with Gasteiger partial charge in [0.2, 0.25) is 9.84 Å². The van der Waals surface area contributed by atoms with Gasteiger partial charge in [0.1, 0.15) is 0 Å². The van der Waals surface area contributed by atoms with Crippen molar-refractivity contribution in [1.82, 2.24) is 0 Å². The van der Waals surface area contributed by atoms with Crippen molar-refractivity contribution in [3.8, 4) is 11.5 Å². The van der Waals surface area contributed by atoms with Crippen molar-refractivity contribution in [2.45, 2.75) is 4.90 Å². The first-order valence-corrected chi connectivity index (χ1v) is 6.84. The number of rotatable bonds is 3. The molecule has 17 heavy (non-hydrogen) atoms. The maximum absolute atomic E-state index is 12.0. The van der Waals surface area contributed by atoms with Crippen LogP contribution in [0.4, 0.5) is 0 Å². The Bertz CT molecular complexity index is 590. The van der Waals surface area contributed by atoms with Gasteiger partial charge in [0.25, 0.3) is 0 Å². The first-order valence-electron chi connectivity index (χ1n) is 4.82. The first-order chi connectivity index (χ1) is 8.04. The number of hydrogen-bond acceptors (Lipinski definition) is 4. The number of alkyl halides is 1. The molecular weight excluding hydrogens is 264 g/mol. The summed E-state index contributed by atoms with van der Waals surface area (Å²) in [5.74, 6) is 0.842. The smallest absolute Gasteiger partial charge is 0.204 e. The molecule has 1 aromatic rings. The molecule has 4 nitrogen and oxygen atoms in total. The zero-order valence-corrected chi connectivity index (χ0v) is 10.9. The number of fused-ring (bicyclic) bond motifs is 1. The van der Waals surface area contributed by atoms with Crippen molar-refractivity contribution >= 4 is 27.5 Å². The number of methoxy groups -OCH3 is 2. The lowest BCUT2D eigenvalue weighted by Crippen LogP contribution is -2.02. The number of halogens is 1. The van der Waals surface area contributed by atoms with Gasteiger partial charge in [0, 0.05) is 6.07 Å². The Morgan fingerprint density at radius 1 is 1.18 bits per heavy atom. The zero-order valence-electron chi connectivity index (χ0n) is 9.36. The third-order valence-electron chi connectivity index (χ3n) is 2.60. The van der Waals surface area contributed by atoms with Crippen molar-refractivity contribution in [2.75, 3.05) is 20.1 Å². The van der Waals surface area contributed by atoms with Crippen molar-refractivity contribution in [2.24, 2.45) is 0 Å². The van der Waals surface area contributed by atoms with Crippen LogP contribution in [0.25, 0.3) is 6.08 Å². The molecule has 0 saturated carbocycles. The molecular formula is C11H11ClO4S. The molecule has 0 fully saturated rings. The number of benzene rings is 1. The van der Waals surface area contributed by atoms with E-state index in [4.69, 9.17) is 21.1 Å². The molecule has 1 aliphatic heterocycles. The number of hydrogen-bond donors (Lipinski definition) is 0. The standard InChI is InChI=1S/C11H11ClO4S/c1-15-9-4-7-3-8(6-12)17(13,14)11(7)5-10(9)16-2/h3-5H,6H2,1-2H3. The summed E-state index contributed by atoms with van der Waals surface area (Å²) in [6, 6.07) is 3.09. The van der Waals surface area contributed by atoms with Crippen LogP contribution in [0.2, 0.25) is 0 Å². The predicted molar refractivity (Wildman–Crippen MR) is 65.4 cm³/mol. The van der Waals surface area contributed by atoms with Gasteiger partial charge in [0.05, 0.1) is 29.9 Å². The van der Waals surface area contributed by atoms with Crippen LogP contribution in [0.5, 0.6) is 11.5 Å². The van der Waals surface area contributed by atoms with E-state index in [0.717, 1.165) is 0 Å². The number of ether oxygens (including phenoxy) is 2. The highest BCUT2D eigenvalue weighted by Crippen LogP contribution is 2.40. The molecule has 0 N–H and O–H groups in total. The summed E-state index contributed by atoms with van der Waals surface area (Å²) in [7, 11) is -0.501. The van der Waals surface area contributed by atoms with Crippen molar-refractivity contribution in [3.05, 3.63) is 22.6 Å². The molecule has 0 aliphatic carbocycles. The van der Waals surface area contributed by atoms with Gasteiger partial charge in [-0.25, -0.2) is 8.42 Å². The molecule has 0 aromatic heterocycles. The third-order valence-corrected chi connectivity index (χ3v) is 4.93. The summed E-state index contributed by atoms with van der Waals surface area (Å²) >= 11 is 5.62. The van der Waals surface area contributed by atoms with E-state index >= 15 is 0 Å². The lowest BCUT2D eigenvalue weighted by molar-refractivity contribution is 0.354. The second-order valence-electron chi connectivity index (χ2n) is 3.49. The van der Waals surface area contributed by atoms with Gasteiger partial charge in [-0.2, -0.15) is 0 Å². The third kappa shape index (κ3) is 1.79. The van der Waals surface area contributed by atoms with Crippen LogP contribution in [0.15, 0.2) is 21.9 Å². The second kappa shape index (κ2) is 4.23. The summed E-state index contributed by atoms with van der Waals surface area (Å²) in [4.78, 5) is 0.412. The first kappa shape index (κ1) is 12.3. The molecule has 2 rings (SSSR count). The summed E-state index contributed by atoms with van der Waals surface area (Å²) in [5, 5.41) is 0. The highest BCUT2D eigenvalue weighted by molar-refractivity contribution is 7.96. The molecule has 0 spiro atoms. The lowest BCUT2D eigenvalue weighted by atomic mass is 10.2. The van der Waals surface area contributed by atoms with Crippen LogP contribution >= 0.6 is 11.6 Å². The summed E-state index contributed by atoms with van der Waals surface area (Å²) in [6.07, 6.45) is 1.56. The van der Waals surface area contributed by atoms with Crippen LogP contribution in [0.1, 0.15) is 5.56 Å². The zero-order chi connectivity index (χ0) is 12.6. The highest BCUT2D eigenvalue weighted by atomic mass is 35.5. The fourth-order valence-electron chi connectivity index (χ4n) is 1.72. The maximum Gasteiger partial charge on any atom is 0.204 e. The topological polar surface area (TPSA) is 52.6 Å². The van der Waals surface area contributed by atoms with E-state index < -0.39 is 9.84 Å². The number of sulfone groups is 1. The average molecular weight is 275 g/mol. The fourth-order valence-corrected chi connectivity index (χ4v) is 3.63. The molecule has 6 heteroatoms. The quantitative estimate of drug-likeness (QED) is 0.792. The largest absolute Gasteiger partial charge is 0.493 e. The summed E-state index contributed by atoms with van der Waals surface area (Å²) < 4.78 is 34.3. The molecule has 1 heterocycles. The molecule has 0 amide bonds. The molecule has 0 unspecified atom stereocenters.